The van der Waals surface area contributed by atoms with E-state index in [4.69, 9.17) is 9.73 Å². The standard InChI is InChI=1S/C23H40N6O/c1-2-24-23(26-11-13-28-18-20-30-21-19-28)25-10-6-7-12-27-14-16-29(17-15-27)22-8-4-3-5-9-22/h3-5,8-9H,2,6-7,10-21H2,1H3,(H2,24,25,26). The third kappa shape index (κ3) is 8.13. The lowest BCUT2D eigenvalue weighted by molar-refractivity contribution is 0.0389. The van der Waals surface area contributed by atoms with Crippen molar-refractivity contribution in [3.63, 3.8) is 0 Å². The first-order chi connectivity index (χ1) is 14.8. The number of anilines is 1. The van der Waals surface area contributed by atoms with Crippen LogP contribution in [0.4, 0.5) is 5.69 Å². The van der Waals surface area contributed by atoms with E-state index in [1.807, 2.05) is 0 Å². The summed E-state index contributed by atoms with van der Waals surface area (Å²) in [7, 11) is 0. The van der Waals surface area contributed by atoms with Crippen LogP contribution in [0.1, 0.15) is 19.8 Å². The van der Waals surface area contributed by atoms with E-state index in [-0.39, 0.29) is 0 Å². The number of ether oxygens (including phenoxy) is 1. The van der Waals surface area contributed by atoms with Crippen LogP contribution in [-0.2, 0) is 4.74 Å². The van der Waals surface area contributed by atoms with Crippen LogP contribution in [0.5, 0.6) is 0 Å². The number of rotatable bonds is 10. The van der Waals surface area contributed by atoms with E-state index in [2.05, 4.69) is 62.6 Å². The molecular weight excluding hydrogens is 376 g/mol. The summed E-state index contributed by atoms with van der Waals surface area (Å²) >= 11 is 0. The van der Waals surface area contributed by atoms with E-state index in [9.17, 15) is 0 Å². The molecule has 7 heteroatoms. The monoisotopic (exact) mass is 416 g/mol. The van der Waals surface area contributed by atoms with Crippen molar-refractivity contribution in [1.82, 2.24) is 20.4 Å². The van der Waals surface area contributed by atoms with Crippen LogP contribution in [0.15, 0.2) is 35.3 Å². The molecule has 1 aromatic carbocycles. The molecule has 168 valence electrons. The third-order valence-corrected chi connectivity index (χ3v) is 5.81. The number of hydrogen-bond donors (Lipinski definition) is 2. The van der Waals surface area contributed by atoms with Crippen LogP contribution in [0, 0.1) is 0 Å². The minimum atomic E-state index is 0.857. The molecule has 2 heterocycles. The lowest BCUT2D eigenvalue weighted by atomic mass is 10.2. The van der Waals surface area contributed by atoms with Gasteiger partial charge in [-0.3, -0.25) is 14.8 Å². The molecule has 2 saturated heterocycles. The van der Waals surface area contributed by atoms with Gasteiger partial charge in [0.05, 0.1) is 13.2 Å². The van der Waals surface area contributed by atoms with Crippen molar-refractivity contribution < 1.29 is 4.74 Å². The third-order valence-electron chi connectivity index (χ3n) is 5.81. The second-order valence-electron chi connectivity index (χ2n) is 8.01. The number of morpholine rings is 1. The Balaban J connectivity index is 1.26. The van der Waals surface area contributed by atoms with Crippen molar-refractivity contribution in [2.24, 2.45) is 4.99 Å². The van der Waals surface area contributed by atoms with Gasteiger partial charge >= 0.3 is 0 Å². The Hall–Kier alpha value is -1.83. The SMILES string of the molecule is CCNC(=NCCCCN1CCN(c2ccccc2)CC1)NCCN1CCOCC1. The van der Waals surface area contributed by atoms with E-state index in [1.165, 1.54) is 18.7 Å². The number of hydrogen-bond acceptors (Lipinski definition) is 5. The molecule has 7 nitrogen and oxygen atoms in total. The van der Waals surface area contributed by atoms with Crippen molar-refractivity contribution in [1.29, 1.82) is 0 Å². The maximum Gasteiger partial charge on any atom is 0.191 e. The van der Waals surface area contributed by atoms with Crippen LogP contribution >= 0.6 is 0 Å². The zero-order valence-corrected chi connectivity index (χ0v) is 18.7. The second kappa shape index (κ2) is 13.5. The second-order valence-corrected chi connectivity index (χ2v) is 8.01. The summed E-state index contributed by atoms with van der Waals surface area (Å²) in [5, 5.41) is 6.83. The number of nitrogens with one attached hydrogen (secondary N) is 2. The van der Waals surface area contributed by atoms with Gasteiger partial charge in [0.15, 0.2) is 5.96 Å². The highest BCUT2D eigenvalue weighted by Crippen LogP contribution is 2.15. The van der Waals surface area contributed by atoms with Gasteiger partial charge in [-0.2, -0.15) is 0 Å². The van der Waals surface area contributed by atoms with Crippen molar-refractivity contribution in [2.45, 2.75) is 19.8 Å². The van der Waals surface area contributed by atoms with Crippen LogP contribution < -0.4 is 15.5 Å². The van der Waals surface area contributed by atoms with Crippen LogP contribution in [-0.4, -0.2) is 101 Å². The Kier molecular flexibility index (Phi) is 10.3. The zero-order valence-electron chi connectivity index (χ0n) is 18.7. The molecule has 0 atom stereocenters. The van der Waals surface area contributed by atoms with Gasteiger partial charge < -0.3 is 20.3 Å². The molecule has 0 amide bonds. The molecule has 0 saturated carbocycles. The minimum absolute atomic E-state index is 0.857. The molecule has 30 heavy (non-hydrogen) atoms. The summed E-state index contributed by atoms with van der Waals surface area (Å²) in [6.07, 6.45) is 2.35. The molecule has 0 unspecified atom stereocenters. The molecule has 0 aromatic heterocycles. The van der Waals surface area contributed by atoms with E-state index >= 15 is 0 Å². The number of nitrogens with zero attached hydrogens (tertiary/aromatic N) is 4. The molecule has 2 aliphatic heterocycles. The molecule has 2 fully saturated rings. The average molecular weight is 417 g/mol. The molecule has 3 rings (SSSR count). The Labute approximate surface area is 182 Å². The first kappa shape index (κ1) is 22.8. The normalized spacial score (nSPS) is 19.1. The summed E-state index contributed by atoms with van der Waals surface area (Å²) in [6.45, 7) is 15.4. The Morgan fingerprint density at radius 2 is 1.63 bits per heavy atom. The largest absolute Gasteiger partial charge is 0.379 e. The fraction of sp³-hybridized carbons (Fsp3) is 0.696. The molecule has 1 aromatic rings. The predicted octanol–water partition coefficient (Wildman–Crippen LogP) is 1.48. The molecule has 2 aliphatic rings. The zero-order chi connectivity index (χ0) is 20.9. The van der Waals surface area contributed by atoms with Crippen molar-refractivity contribution in [3.8, 4) is 0 Å². The van der Waals surface area contributed by atoms with Gasteiger partial charge in [0.2, 0.25) is 0 Å². The van der Waals surface area contributed by atoms with E-state index < -0.39 is 0 Å². The molecule has 0 bridgehead atoms. The number of benzene rings is 1. The highest BCUT2D eigenvalue weighted by molar-refractivity contribution is 5.79. The van der Waals surface area contributed by atoms with E-state index in [0.717, 1.165) is 91.0 Å². The van der Waals surface area contributed by atoms with Gasteiger partial charge in [0, 0.05) is 71.1 Å². The molecular formula is C23H40N6O. The van der Waals surface area contributed by atoms with Gasteiger partial charge in [-0.15, -0.1) is 0 Å². The maximum atomic E-state index is 5.41. The van der Waals surface area contributed by atoms with Gasteiger partial charge in [-0.05, 0) is 38.4 Å². The number of unbranched alkanes of at least 4 members (excludes halogenated alkanes) is 1. The first-order valence-electron chi connectivity index (χ1n) is 11.7. The number of aliphatic imine (C=N–C) groups is 1. The smallest absolute Gasteiger partial charge is 0.191 e. The topological polar surface area (TPSA) is 55.4 Å². The summed E-state index contributed by atoms with van der Waals surface area (Å²) in [5.74, 6) is 0.947. The summed E-state index contributed by atoms with van der Waals surface area (Å²) in [5.41, 5.74) is 1.35. The summed E-state index contributed by atoms with van der Waals surface area (Å²) in [4.78, 5) is 12.3. The van der Waals surface area contributed by atoms with Crippen molar-refractivity contribution in [3.05, 3.63) is 30.3 Å². The van der Waals surface area contributed by atoms with Crippen LogP contribution in [0.3, 0.4) is 0 Å². The fourth-order valence-corrected chi connectivity index (χ4v) is 4.01. The van der Waals surface area contributed by atoms with Crippen LogP contribution in [0.25, 0.3) is 0 Å². The lowest BCUT2D eigenvalue weighted by Crippen LogP contribution is -2.46. The van der Waals surface area contributed by atoms with E-state index in [0.29, 0.717) is 0 Å². The Morgan fingerprint density at radius 1 is 0.900 bits per heavy atom. The fourth-order valence-electron chi connectivity index (χ4n) is 4.01. The quantitative estimate of drug-likeness (QED) is 0.342. The molecule has 0 radical (unpaired) electrons. The number of para-hydroxylation sites is 1. The van der Waals surface area contributed by atoms with Gasteiger partial charge in [-0.25, -0.2) is 0 Å². The number of piperazine rings is 1. The first-order valence-corrected chi connectivity index (χ1v) is 11.7. The van der Waals surface area contributed by atoms with Gasteiger partial charge in [0.25, 0.3) is 0 Å². The van der Waals surface area contributed by atoms with Gasteiger partial charge in [0.1, 0.15) is 0 Å². The molecule has 0 spiro atoms. The highest BCUT2D eigenvalue weighted by Gasteiger charge is 2.16. The summed E-state index contributed by atoms with van der Waals surface area (Å²) in [6, 6.07) is 10.8. The number of guanidine groups is 1. The Bertz CT molecular complexity index is 597. The molecule has 2 N–H and O–H groups in total. The average Bonchev–Trinajstić information content (AvgIpc) is 2.80. The predicted molar refractivity (Wildman–Crippen MR) is 126 cm³/mol. The van der Waals surface area contributed by atoms with Crippen molar-refractivity contribution >= 4 is 11.6 Å². The summed E-state index contributed by atoms with van der Waals surface area (Å²) < 4.78 is 5.41. The van der Waals surface area contributed by atoms with Crippen molar-refractivity contribution in [2.75, 3.05) is 90.1 Å². The Morgan fingerprint density at radius 3 is 2.37 bits per heavy atom. The highest BCUT2D eigenvalue weighted by atomic mass is 16.5. The van der Waals surface area contributed by atoms with Crippen LogP contribution in [0.2, 0.25) is 0 Å². The van der Waals surface area contributed by atoms with E-state index in [1.54, 1.807) is 0 Å². The molecule has 0 aliphatic carbocycles. The lowest BCUT2D eigenvalue weighted by Gasteiger charge is -2.36. The maximum absolute atomic E-state index is 5.41. The van der Waals surface area contributed by atoms with Gasteiger partial charge in [-0.1, -0.05) is 18.2 Å². The minimum Gasteiger partial charge on any atom is -0.379 e.